The molecule has 3 rings (SSSR count). The average molecular weight is 376 g/mol. The van der Waals surface area contributed by atoms with Gasteiger partial charge in [-0.25, -0.2) is 4.98 Å². The Bertz CT molecular complexity index is 981. The van der Waals surface area contributed by atoms with Crippen molar-refractivity contribution in [3.63, 3.8) is 0 Å². The van der Waals surface area contributed by atoms with Gasteiger partial charge in [-0.05, 0) is 37.6 Å². The standard InChI is InChI=1S/C20H24N8/c1-4-28(5-2)16-9-20(27-24-13-16)26-19-7-6-17-18(25-19)8-14(12-23-17)15(10-21)11-22-3/h6-13,15,21H,4-5H2,1-3H3,(H,25,26,27). The Balaban J connectivity index is 1.89. The predicted octanol–water partition coefficient (Wildman–Crippen LogP) is 3.44. The molecule has 0 bridgehead atoms. The van der Waals surface area contributed by atoms with Crippen LogP contribution in [0.1, 0.15) is 25.3 Å². The van der Waals surface area contributed by atoms with Gasteiger partial charge in [0, 0.05) is 44.8 Å². The Hall–Kier alpha value is -3.42. The monoisotopic (exact) mass is 376 g/mol. The third kappa shape index (κ3) is 4.28. The second-order valence-electron chi connectivity index (χ2n) is 6.20. The van der Waals surface area contributed by atoms with Gasteiger partial charge in [0.05, 0.1) is 28.8 Å². The minimum atomic E-state index is -0.211. The summed E-state index contributed by atoms with van der Waals surface area (Å²) in [6.45, 7) is 6.02. The van der Waals surface area contributed by atoms with Crippen molar-refractivity contribution in [2.45, 2.75) is 19.8 Å². The Morgan fingerprint density at radius 3 is 2.68 bits per heavy atom. The Morgan fingerprint density at radius 1 is 1.14 bits per heavy atom. The highest BCUT2D eigenvalue weighted by Gasteiger charge is 2.10. The van der Waals surface area contributed by atoms with Crippen LogP contribution in [0, 0.1) is 5.41 Å². The molecule has 3 aromatic heterocycles. The van der Waals surface area contributed by atoms with Crippen LogP contribution in [0.5, 0.6) is 0 Å². The summed E-state index contributed by atoms with van der Waals surface area (Å²) < 4.78 is 0. The number of pyridine rings is 2. The lowest BCUT2D eigenvalue weighted by Gasteiger charge is -2.20. The molecule has 0 spiro atoms. The summed E-state index contributed by atoms with van der Waals surface area (Å²) in [5.41, 5.74) is 3.42. The van der Waals surface area contributed by atoms with Crippen molar-refractivity contribution in [3.8, 4) is 0 Å². The van der Waals surface area contributed by atoms with Crippen molar-refractivity contribution >= 4 is 40.8 Å². The molecule has 28 heavy (non-hydrogen) atoms. The Labute approximate surface area is 164 Å². The summed E-state index contributed by atoms with van der Waals surface area (Å²) in [5.74, 6) is 1.08. The van der Waals surface area contributed by atoms with Crippen LogP contribution < -0.4 is 10.2 Å². The van der Waals surface area contributed by atoms with E-state index in [2.05, 4.69) is 49.2 Å². The summed E-state index contributed by atoms with van der Waals surface area (Å²) in [5, 5.41) is 19.1. The lowest BCUT2D eigenvalue weighted by Crippen LogP contribution is -2.22. The lowest BCUT2D eigenvalue weighted by atomic mass is 10.0. The number of hydrogen-bond acceptors (Lipinski definition) is 8. The molecule has 0 amide bonds. The van der Waals surface area contributed by atoms with Crippen LogP contribution >= 0.6 is 0 Å². The first kappa shape index (κ1) is 19.3. The van der Waals surface area contributed by atoms with E-state index in [1.165, 1.54) is 6.21 Å². The van der Waals surface area contributed by atoms with Crippen molar-refractivity contribution in [2.75, 3.05) is 30.4 Å². The van der Waals surface area contributed by atoms with Gasteiger partial charge in [-0.2, -0.15) is 5.10 Å². The number of hydrogen-bond donors (Lipinski definition) is 2. The fraction of sp³-hybridized carbons (Fsp3) is 0.300. The lowest BCUT2D eigenvalue weighted by molar-refractivity contribution is 0.855. The van der Waals surface area contributed by atoms with Crippen LogP contribution in [-0.4, -0.2) is 52.7 Å². The zero-order chi connectivity index (χ0) is 19.9. The van der Waals surface area contributed by atoms with Gasteiger partial charge in [0.15, 0.2) is 5.82 Å². The Morgan fingerprint density at radius 2 is 1.96 bits per heavy atom. The number of nitrogens with zero attached hydrogens (tertiary/aromatic N) is 6. The second-order valence-corrected chi connectivity index (χ2v) is 6.20. The average Bonchev–Trinajstić information content (AvgIpc) is 2.73. The molecule has 3 heterocycles. The molecule has 8 heteroatoms. The van der Waals surface area contributed by atoms with Gasteiger partial charge in [0.25, 0.3) is 0 Å². The van der Waals surface area contributed by atoms with Crippen LogP contribution in [-0.2, 0) is 0 Å². The van der Waals surface area contributed by atoms with E-state index in [4.69, 9.17) is 5.41 Å². The summed E-state index contributed by atoms with van der Waals surface area (Å²) in [6, 6.07) is 7.66. The molecule has 2 N–H and O–H groups in total. The molecule has 0 aliphatic rings. The van der Waals surface area contributed by atoms with Crippen LogP contribution in [0.4, 0.5) is 17.3 Å². The molecule has 0 radical (unpaired) electrons. The smallest absolute Gasteiger partial charge is 0.156 e. The summed E-state index contributed by atoms with van der Waals surface area (Å²) in [6.07, 6.45) is 6.57. The second kappa shape index (κ2) is 8.98. The third-order valence-electron chi connectivity index (χ3n) is 4.46. The van der Waals surface area contributed by atoms with E-state index < -0.39 is 0 Å². The van der Waals surface area contributed by atoms with E-state index in [0.29, 0.717) is 11.6 Å². The van der Waals surface area contributed by atoms with E-state index in [1.807, 2.05) is 24.3 Å². The van der Waals surface area contributed by atoms with E-state index in [9.17, 15) is 0 Å². The highest BCUT2D eigenvalue weighted by Crippen LogP contribution is 2.22. The molecular weight excluding hydrogens is 352 g/mol. The van der Waals surface area contributed by atoms with Crippen LogP contribution in [0.2, 0.25) is 0 Å². The van der Waals surface area contributed by atoms with Gasteiger partial charge in [-0.1, -0.05) is 0 Å². The van der Waals surface area contributed by atoms with Crippen molar-refractivity contribution in [2.24, 2.45) is 4.99 Å². The van der Waals surface area contributed by atoms with Gasteiger partial charge in [0.2, 0.25) is 0 Å². The fourth-order valence-corrected chi connectivity index (χ4v) is 2.97. The van der Waals surface area contributed by atoms with Crippen LogP contribution in [0.25, 0.3) is 11.0 Å². The predicted molar refractivity (Wildman–Crippen MR) is 114 cm³/mol. The fourth-order valence-electron chi connectivity index (χ4n) is 2.97. The maximum atomic E-state index is 7.59. The van der Waals surface area contributed by atoms with Crippen LogP contribution in [0.3, 0.4) is 0 Å². The minimum Gasteiger partial charge on any atom is -0.371 e. The first-order valence-electron chi connectivity index (χ1n) is 9.22. The quantitative estimate of drug-likeness (QED) is 0.584. The largest absolute Gasteiger partial charge is 0.371 e. The molecule has 1 atom stereocenters. The number of anilines is 3. The molecule has 0 saturated carbocycles. The van der Waals surface area contributed by atoms with E-state index >= 15 is 0 Å². The number of fused-ring (bicyclic) bond motifs is 1. The van der Waals surface area contributed by atoms with Crippen molar-refractivity contribution < 1.29 is 0 Å². The van der Waals surface area contributed by atoms with Gasteiger partial charge < -0.3 is 15.6 Å². The normalized spacial score (nSPS) is 12.2. The number of nitrogens with one attached hydrogen (secondary N) is 2. The summed E-state index contributed by atoms with van der Waals surface area (Å²) >= 11 is 0. The maximum Gasteiger partial charge on any atom is 0.156 e. The van der Waals surface area contributed by atoms with Crippen molar-refractivity contribution in [1.29, 1.82) is 5.41 Å². The summed E-state index contributed by atoms with van der Waals surface area (Å²) in [4.78, 5) is 15.3. The molecule has 0 saturated heterocycles. The van der Waals surface area contributed by atoms with Gasteiger partial charge in [-0.3, -0.25) is 9.98 Å². The van der Waals surface area contributed by atoms with Gasteiger partial charge >= 0.3 is 0 Å². The molecule has 3 aromatic rings. The number of rotatable bonds is 8. The van der Waals surface area contributed by atoms with Gasteiger partial charge in [-0.15, -0.1) is 5.10 Å². The molecule has 0 fully saturated rings. The number of aromatic nitrogens is 4. The van der Waals surface area contributed by atoms with E-state index in [-0.39, 0.29) is 5.92 Å². The molecule has 0 aromatic carbocycles. The minimum absolute atomic E-state index is 0.211. The zero-order valence-corrected chi connectivity index (χ0v) is 16.3. The first-order chi connectivity index (χ1) is 13.7. The SMILES string of the molecule is CCN(CC)c1cnnc(Nc2ccc3ncc(C(C=N)C=NC)cc3n2)c1. The molecule has 1 unspecified atom stereocenters. The highest BCUT2D eigenvalue weighted by atomic mass is 15.2. The van der Waals surface area contributed by atoms with Crippen molar-refractivity contribution in [3.05, 3.63) is 42.2 Å². The zero-order valence-electron chi connectivity index (χ0n) is 16.3. The van der Waals surface area contributed by atoms with E-state index in [0.717, 1.165) is 35.4 Å². The summed E-state index contributed by atoms with van der Waals surface area (Å²) in [7, 11) is 1.69. The van der Waals surface area contributed by atoms with Crippen LogP contribution in [0.15, 0.2) is 41.7 Å². The molecular formula is C20H24N8. The third-order valence-corrected chi connectivity index (χ3v) is 4.46. The molecule has 144 valence electrons. The molecule has 0 aliphatic heterocycles. The highest BCUT2D eigenvalue weighted by molar-refractivity contribution is 5.90. The molecule has 8 nitrogen and oxygen atoms in total. The van der Waals surface area contributed by atoms with Crippen molar-refractivity contribution in [1.82, 2.24) is 20.2 Å². The first-order valence-corrected chi connectivity index (χ1v) is 9.22. The number of aliphatic imine (C=N–C) groups is 1. The van der Waals surface area contributed by atoms with Gasteiger partial charge in [0.1, 0.15) is 5.82 Å². The van der Waals surface area contributed by atoms with E-state index in [1.54, 1.807) is 25.7 Å². The molecule has 0 aliphatic carbocycles. The Kier molecular flexibility index (Phi) is 6.21. The topological polar surface area (TPSA) is 103 Å². The maximum absolute atomic E-state index is 7.59.